The molecule has 3 aliphatic heterocycles. The van der Waals surface area contributed by atoms with E-state index in [-0.39, 0.29) is 61.3 Å². The second-order valence-corrected chi connectivity index (χ2v) is 15.1. The van der Waals surface area contributed by atoms with Crippen LogP contribution in [0.2, 0.25) is 0 Å². The molecule has 0 aromatic heterocycles. The number of ether oxygens (including phenoxy) is 5. The number of amides is 2. The summed E-state index contributed by atoms with van der Waals surface area (Å²) in [6, 6.07) is -0.574. The smallest absolute Gasteiger partial charge is 0.225 e. The van der Waals surface area contributed by atoms with Crippen LogP contribution >= 0.6 is 0 Å². The van der Waals surface area contributed by atoms with Crippen molar-refractivity contribution in [2.75, 3.05) is 34.8 Å². The van der Waals surface area contributed by atoms with Crippen LogP contribution in [-0.2, 0) is 33.3 Å². The van der Waals surface area contributed by atoms with Gasteiger partial charge in [-0.1, -0.05) is 20.8 Å². The number of nitrogens with zero attached hydrogens (tertiary/aromatic N) is 2. The second kappa shape index (κ2) is 16.8. The van der Waals surface area contributed by atoms with E-state index in [9.17, 15) is 19.8 Å². The third kappa shape index (κ3) is 11.1. The molecule has 11 atom stereocenters. The molecule has 3 heterocycles. The molecule has 0 radical (unpaired) electrons. The number of hydrogen-bond donors (Lipinski definition) is 3. The van der Waals surface area contributed by atoms with Crippen LogP contribution < -0.4 is 5.32 Å². The number of methoxy groups -OCH3 is 1. The minimum atomic E-state index is -1.81. The molecule has 12 heteroatoms. The zero-order valence-electron chi connectivity index (χ0n) is 30.0. The van der Waals surface area contributed by atoms with Crippen molar-refractivity contribution in [1.82, 2.24) is 15.1 Å². The van der Waals surface area contributed by atoms with Gasteiger partial charge in [-0.25, -0.2) is 0 Å². The Morgan fingerprint density at radius 2 is 1.78 bits per heavy atom. The summed E-state index contributed by atoms with van der Waals surface area (Å²) in [7, 11) is 7.23. The Morgan fingerprint density at radius 1 is 1.09 bits per heavy atom. The van der Waals surface area contributed by atoms with Crippen LogP contribution in [0, 0.1) is 11.8 Å². The molecule has 0 aliphatic carbocycles. The van der Waals surface area contributed by atoms with Crippen LogP contribution in [0.4, 0.5) is 0 Å². The first-order valence-corrected chi connectivity index (χ1v) is 17.2. The van der Waals surface area contributed by atoms with Gasteiger partial charge in [0.2, 0.25) is 11.8 Å². The van der Waals surface area contributed by atoms with Crippen LogP contribution in [0.3, 0.4) is 0 Å². The molecule has 12 nitrogen and oxygen atoms in total. The maximum atomic E-state index is 13.9. The molecule has 3 rings (SSSR count). The van der Waals surface area contributed by atoms with Crippen molar-refractivity contribution in [2.45, 2.75) is 160 Å². The third-order valence-electron chi connectivity index (χ3n) is 9.88. The van der Waals surface area contributed by atoms with E-state index in [1.165, 1.54) is 0 Å². The zero-order valence-corrected chi connectivity index (χ0v) is 30.0. The first kappa shape index (κ1) is 39.1. The van der Waals surface area contributed by atoms with E-state index in [2.05, 4.69) is 19.2 Å². The Kier molecular flexibility index (Phi) is 14.3. The van der Waals surface area contributed by atoms with E-state index in [0.717, 1.165) is 0 Å². The average molecular weight is 658 g/mol. The first-order valence-electron chi connectivity index (χ1n) is 17.2. The van der Waals surface area contributed by atoms with Gasteiger partial charge in [0.25, 0.3) is 0 Å². The molecule has 3 N–H and O–H groups in total. The molecular weight excluding hydrogens is 594 g/mol. The van der Waals surface area contributed by atoms with E-state index in [1.807, 2.05) is 39.8 Å². The van der Waals surface area contributed by atoms with Gasteiger partial charge in [0.05, 0.1) is 29.8 Å². The fraction of sp³-hybridized carbons (Fsp3) is 0.941. The standard InChI is InChI=1S/C34H63N3O9/c1-21(2)15-25-17-28(38)37(9)14-12-11-13-34(41,46-32-30(39)26(36(7)8)16-22(3)44-32)19-27(24(5)31(40)35-25)45-29-20-33(6,42-10)18-23(4)43-29/h21-27,29-30,32,39,41H,11-20H2,1-10H3,(H,35,40)/t22-,23+,24-,25?,26+,27+,29+,30-,32+,33+,34+/m1/s1. The van der Waals surface area contributed by atoms with Gasteiger partial charge in [-0.3, -0.25) is 9.59 Å². The lowest BCUT2D eigenvalue weighted by molar-refractivity contribution is -0.351. The van der Waals surface area contributed by atoms with Gasteiger partial charge in [-0.05, 0) is 66.5 Å². The van der Waals surface area contributed by atoms with Gasteiger partial charge in [0, 0.05) is 64.9 Å². The number of nitrogens with one attached hydrogen (secondary N) is 1. The fourth-order valence-corrected chi connectivity index (χ4v) is 7.07. The lowest BCUT2D eigenvalue weighted by Gasteiger charge is -2.45. The predicted molar refractivity (Wildman–Crippen MR) is 174 cm³/mol. The average Bonchev–Trinajstić information content (AvgIpc) is 2.94. The number of carbonyl (C=O) groups excluding carboxylic acids is 2. The number of hydrogen-bond acceptors (Lipinski definition) is 10. The van der Waals surface area contributed by atoms with Crippen molar-refractivity contribution in [1.29, 1.82) is 0 Å². The van der Waals surface area contributed by atoms with Crippen molar-refractivity contribution in [3.63, 3.8) is 0 Å². The van der Waals surface area contributed by atoms with Gasteiger partial charge in [0.1, 0.15) is 6.10 Å². The number of carbonyl (C=O) groups is 2. The summed E-state index contributed by atoms with van der Waals surface area (Å²) < 4.78 is 31.0. The Hall–Kier alpha value is -1.38. The highest BCUT2D eigenvalue weighted by atomic mass is 16.8. The largest absolute Gasteiger partial charge is 0.386 e. The number of aliphatic hydroxyl groups excluding tert-OH is 1. The quantitative estimate of drug-likeness (QED) is 0.334. The molecule has 46 heavy (non-hydrogen) atoms. The molecule has 3 fully saturated rings. The normalized spacial score (nSPS) is 41.0. The van der Waals surface area contributed by atoms with Gasteiger partial charge in [-0.2, -0.15) is 0 Å². The first-order chi connectivity index (χ1) is 21.4. The Morgan fingerprint density at radius 3 is 2.41 bits per heavy atom. The van der Waals surface area contributed by atoms with Crippen molar-refractivity contribution < 1.29 is 43.5 Å². The van der Waals surface area contributed by atoms with Crippen LogP contribution in [0.5, 0.6) is 0 Å². The summed E-state index contributed by atoms with van der Waals surface area (Å²) in [5, 5.41) is 26.7. The summed E-state index contributed by atoms with van der Waals surface area (Å²) in [5.74, 6) is -2.60. The number of aliphatic hydroxyl groups is 2. The monoisotopic (exact) mass is 657 g/mol. The Balaban J connectivity index is 1.97. The van der Waals surface area contributed by atoms with Crippen molar-refractivity contribution in [3.8, 4) is 0 Å². The van der Waals surface area contributed by atoms with E-state index in [1.54, 1.807) is 26.0 Å². The van der Waals surface area contributed by atoms with Crippen molar-refractivity contribution >= 4 is 11.8 Å². The summed E-state index contributed by atoms with van der Waals surface area (Å²) in [5.41, 5.74) is -0.478. The molecule has 0 saturated carbocycles. The van der Waals surface area contributed by atoms with Crippen molar-refractivity contribution in [2.24, 2.45) is 11.8 Å². The minimum absolute atomic E-state index is 0.0409. The molecular formula is C34H63N3O9. The van der Waals surface area contributed by atoms with Crippen LogP contribution in [-0.4, -0.2) is 127 Å². The fourth-order valence-electron chi connectivity index (χ4n) is 7.07. The molecule has 3 saturated heterocycles. The maximum Gasteiger partial charge on any atom is 0.225 e. The maximum absolute atomic E-state index is 13.9. The predicted octanol–water partition coefficient (Wildman–Crippen LogP) is 3.02. The van der Waals surface area contributed by atoms with E-state index in [4.69, 9.17) is 23.7 Å². The molecule has 0 aromatic carbocycles. The summed E-state index contributed by atoms with van der Waals surface area (Å²) in [4.78, 5) is 30.7. The number of rotatable bonds is 8. The highest BCUT2D eigenvalue weighted by molar-refractivity contribution is 5.81. The van der Waals surface area contributed by atoms with Crippen LogP contribution in [0.25, 0.3) is 0 Å². The summed E-state index contributed by atoms with van der Waals surface area (Å²) >= 11 is 0. The van der Waals surface area contributed by atoms with E-state index < -0.39 is 42.1 Å². The highest BCUT2D eigenvalue weighted by Crippen LogP contribution is 2.37. The minimum Gasteiger partial charge on any atom is -0.386 e. The molecule has 2 amide bonds. The van der Waals surface area contributed by atoms with E-state index in [0.29, 0.717) is 45.1 Å². The number of likely N-dealkylation sites (N-methyl/N-ethyl adjacent to an activating group) is 1. The molecule has 268 valence electrons. The van der Waals surface area contributed by atoms with Crippen molar-refractivity contribution in [3.05, 3.63) is 0 Å². The third-order valence-corrected chi connectivity index (χ3v) is 9.88. The topological polar surface area (TPSA) is 139 Å². The Labute approximate surface area is 276 Å². The van der Waals surface area contributed by atoms with Gasteiger partial charge in [-0.15, -0.1) is 0 Å². The Bertz CT molecular complexity index is 986. The van der Waals surface area contributed by atoms with Crippen LogP contribution in [0.15, 0.2) is 0 Å². The van der Waals surface area contributed by atoms with Gasteiger partial charge >= 0.3 is 0 Å². The molecule has 3 aliphatic rings. The summed E-state index contributed by atoms with van der Waals surface area (Å²) in [6.07, 6.45) is -0.0565. The molecule has 0 aromatic rings. The van der Waals surface area contributed by atoms with Gasteiger partial charge in [0.15, 0.2) is 18.4 Å². The highest BCUT2D eigenvalue weighted by Gasteiger charge is 2.46. The molecule has 1 unspecified atom stereocenters. The zero-order chi connectivity index (χ0) is 34.4. The lowest BCUT2D eigenvalue weighted by Crippen LogP contribution is -2.57. The molecule has 0 spiro atoms. The lowest BCUT2D eigenvalue weighted by atomic mass is 9.90. The SMILES string of the molecule is CO[C@]1(C)C[C@H](O[C@H]2C[C@@](O)(O[C@@H]3O[C@H](C)C[C@H](N(C)C)[C@H]3O)CCCCN(C)C(=O)CC(CC(C)C)NC(=O)[C@@H]2C)O[C@@H](C)C1. The second-order valence-electron chi connectivity index (χ2n) is 15.1. The molecule has 0 bridgehead atoms. The van der Waals surface area contributed by atoms with Crippen LogP contribution in [0.1, 0.15) is 99.3 Å². The van der Waals surface area contributed by atoms with E-state index >= 15 is 0 Å². The van der Waals surface area contributed by atoms with Gasteiger partial charge < -0.3 is 49.0 Å². The summed E-state index contributed by atoms with van der Waals surface area (Å²) in [6.45, 7) is 12.3.